The lowest BCUT2D eigenvalue weighted by molar-refractivity contribution is 0.104. The van der Waals surface area contributed by atoms with Gasteiger partial charge in [0.15, 0.2) is 11.5 Å². The number of para-hydroxylation sites is 1. The third-order valence-corrected chi connectivity index (χ3v) is 3.96. The Morgan fingerprint density at radius 2 is 1.88 bits per heavy atom. The Bertz CT molecular complexity index is 1080. The Labute approximate surface area is 148 Å². The molecule has 0 unspecified atom stereocenters. The van der Waals surface area contributed by atoms with Crippen LogP contribution in [0, 0.1) is 0 Å². The number of hydrogen-bond acceptors (Lipinski definition) is 6. The van der Waals surface area contributed by atoms with Crippen molar-refractivity contribution in [1.82, 2.24) is 20.6 Å². The van der Waals surface area contributed by atoms with Crippen molar-refractivity contribution in [1.29, 1.82) is 0 Å². The van der Waals surface area contributed by atoms with E-state index in [0.717, 1.165) is 11.6 Å². The summed E-state index contributed by atoms with van der Waals surface area (Å²) in [4.78, 5) is 12.9. The molecule has 0 saturated carbocycles. The van der Waals surface area contributed by atoms with Crippen LogP contribution in [0.5, 0.6) is 0 Å². The summed E-state index contributed by atoms with van der Waals surface area (Å²) < 4.78 is 5.92. The van der Waals surface area contributed by atoms with Gasteiger partial charge in [0, 0.05) is 17.9 Å². The van der Waals surface area contributed by atoms with Crippen LogP contribution < -0.4 is 0 Å². The highest BCUT2D eigenvalue weighted by atomic mass is 16.3. The maximum Gasteiger partial charge on any atom is 0.239 e. The van der Waals surface area contributed by atoms with E-state index in [2.05, 4.69) is 20.6 Å². The van der Waals surface area contributed by atoms with Crippen LogP contribution in [-0.4, -0.2) is 31.5 Å². The quantitative estimate of drug-likeness (QED) is 0.326. The van der Waals surface area contributed by atoms with Gasteiger partial charge in [0.2, 0.25) is 5.82 Å². The molecular weight excluding hydrogens is 332 g/mol. The monoisotopic (exact) mass is 346 g/mol. The first-order valence-corrected chi connectivity index (χ1v) is 7.95. The molecule has 0 radical (unpaired) electrons. The van der Waals surface area contributed by atoms with Gasteiger partial charge in [-0.25, -0.2) is 0 Å². The summed E-state index contributed by atoms with van der Waals surface area (Å²) in [6.45, 7) is 0. The van der Waals surface area contributed by atoms with Gasteiger partial charge in [0.25, 0.3) is 0 Å². The van der Waals surface area contributed by atoms with Crippen molar-refractivity contribution in [3.63, 3.8) is 0 Å². The number of aliphatic hydroxyl groups excluding tert-OH is 1. The highest BCUT2D eigenvalue weighted by Crippen LogP contribution is 2.29. The average Bonchev–Trinajstić information content (AvgIpc) is 3.30. The molecule has 2 aromatic carbocycles. The van der Waals surface area contributed by atoms with Gasteiger partial charge in [-0.1, -0.05) is 48.5 Å². The van der Waals surface area contributed by atoms with Crippen LogP contribution in [0.2, 0.25) is 0 Å². The maximum atomic E-state index is 12.9. The smallest absolute Gasteiger partial charge is 0.239 e. The number of ketones is 1. The number of aromatic amines is 1. The number of furan rings is 1. The third-order valence-electron chi connectivity index (χ3n) is 3.96. The number of rotatable bonds is 5. The zero-order valence-corrected chi connectivity index (χ0v) is 13.6. The van der Waals surface area contributed by atoms with E-state index in [4.69, 9.17) is 4.42 Å². The minimum atomic E-state index is -0.386. The molecule has 26 heavy (non-hydrogen) atoms. The Hall–Kier alpha value is -3.74. The van der Waals surface area contributed by atoms with Gasteiger partial charge in [0.05, 0.1) is 5.56 Å². The molecule has 2 heterocycles. The van der Waals surface area contributed by atoms with Crippen LogP contribution in [-0.2, 0) is 6.42 Å². The summed E-state index contributed by atoms with van der Waals surface area (Å²) in [5.41, 5.74) is 2.06. The normalized spacial score (nSPS) is 11.8. The van der Waals surface area contributed by atoms with Crippen molar-refractivity contribution in [2.45, 2.75) is 6.42 Å². The molecule has 2 N–H and O–H groups in total. The fraction of sp³-hybridized carbons (Fsp3) is 0.0526. The third kappa shape index (κ3) is 2.98. The van der Waals surface area contributed by atoms with Crippen molar-refractivity contribution in [2.24, 2.45) is 0 Å². The van der Waals surface area contributed by atoms with Crippen molar-refractivity contribution in [3.8, 4) is 0 Å². The number of nitrogens with zero attached hydrogens (tertiary/aromatic N) is 3. The molecule has 4 aromatic rings. The number of fused-ring (bicyclic) bond motifs is 1. The Morgan fingerprint density at radius 3 is 2.65 bits per heavy atom. The topological polar surface area (TPSA) is 105 Å². The number of benzene rings is 2. The van der Waals surface area contributed by atoms with Gasteiger partial charge in [-0.15, -0.1) is 10.2 Å². The van der Waals surface area contributed by atoms with E-state index < -0.39 is 0 Å². The van der Waals surface area contributed by atoms with E-state index >= 15 is 0 Å². The van der Waals surface area contributed by atoms with Crippen LogP contribution >= 0.6 is 0 Å². The summed E-state index contributed by atoms with van der Waals surface area (Å²) >= 11 is 0. The van der Waals surface area contributed by atoms with Gasteiger partial charge >= 0.3 is 0 Å². The number of allylic oxidation sites excluding steroid dienone is 1. The number of nitrogens with one attached hydrogen (secondary N) is 1. The minimum absolute atomic E-state index is 0.0456. The molecular formula is C19H14N4O3. The molecule has 0 aliphatic rings. The number of aromatic nitrogens is 4. The van der Waals surface area contributed by atoms with Gasteiger partial charge in [-0.2, -0.15) is 5.21 Å². The zero-order valence-electron chi connectivity index (χ0n) is 13.6. The summed E-state index contributed by atoms with van der Waals surface area (Å²) in [7, 11) is 0. The van der Waals surface area contributed by atoms with Crippen molar-refractivity contribution >= 4 is 22.5 Å². The van der Waals surface area contributed by atoms with E-state index in [-0.39, 0.29) is 17.4 Å². The fourth-order valence-corrected chi connectivity index (χ4v) is 2.80. The molecule has 0 aliphatic carbocycles. The summed E-state index contributed by atoms with van der Waals surface area (Å²) in [5.74, 6) is -0.252. The second kappa shape index (κ2) is 6.64. The Balaban J connectivity index is 1.78. The molecule has 0 bridgehead atoms. The highest BCUT2D eigenvalue weighted by molar-refractivity contribution is 6.15. The molecule has 7 nitrogen and oxygen atoms in total. The average molecular weight is 346 g/mol. The lowest BCUT2D eigenvalue weighted by Crippen LogP contribution is -2.01. The number of H-pyrrole nitrogens is 1. The second-order valence-electron chi connectivity index (χ2n) is 5.69. The van der Waals surface area contributed by atoms with Crippen LogP contribution in [0.1, 0.15) is 27.5 Å². The van der Waals surface area contributed by atoms with E-state index in [9.17, 15) is 9.90 Å². The summed E-state index contributed by atoms with van der Waals surface area (Å²) in [6, 6.07) is 17.0. The number of carbonyl (C=O) groups is 1. The standard InChI is InChI=1S/C19H14N4O3/c24-14(11-15(25)19-20-22-23-21-19)18-13-8-4-5-9-16(13)26-17(18)10-12-6-2-1-3-7-12/h1-9,11,25H,10H2,(H,20,21,22,23). The Kier molecular flexibility index (Phi) is 4.03. The van der Waals surface area contributed by atoms with Gasteiger partial charge in [-0.05, 0) is 16.8 Å². The van der Waals surface area contributed by atoms with E-state index in [0.29, 0.717) is 28.7 Å². The summed E-state index contributed by atoms with van der Waals surface area (Å²) in [6.07, 6.45) is 1.55. The predicted octanol–water partition coefficient (Wildman–Crippen LogP) is 3.32. The fourth-order valence-electron chi connectivity index (χ4n) is 2.80. The number of tetrazole rings is 1. The Morgan fingerprint density at radius 1 is 1.12 bits per heavy atom. The van der Waals surface area contributed by atoms with E-state index in [1.54, 1.807) is 0 Å². The molecule has 2 aromatic heterocycles. The molecule has 0 fully saturated rings. The lowest BCUT2D eigenvalue weighted by atomic mass is 10.0. The molecule has 0 saturated heterocycles. The van der Waals surface area contributed by atoms with Crippen LogP contribution in [0.15, 0.2) is 65.1 Å². The molecule has 0 aliphatic heterocycles. The number of hydrogen-bond donors (Lipinski definition) is 2. The van der Waals surface area contributed by atoms with E-state index in [1.807, 2.05) is 54.6 Å². The molecule has 128 valence electrons. The molecule has 0 spiro atoms. The van der Waals surface area contributed by atoms with Crippen LogP contribution in [0.3, 0.4) is 0 Å². The second-order valence-corrected chi connectivity index (χ2v) is 5.69. The molecule has 7 heteroatoms. The minimum Gasteiger partial charge on any atom is -0.504 e. The van der Waals surface area contributed by atoms with Crippen molar-refractivity contribution in [2.75, 3.05) is 0 Å². The molecule has 0 amide bonds. The maximum absolute atomic E-state index is 12.9. The van der Waals surface area contributed by atoms with E-state index in [1.165, 1.54) is 0 Å². The zero-order chi connectivity index (χ0) is 17.9. The SMILES string of the molecule is O=C(C=C(O)c1nn[nH]n1)c1c(Cc2ccccc2)oc2ccccc12. The number of aliphatic hydroxyl groups is 1. The molecule has 0 atom stereocenters. The van der Waals surface area contributed by atoms with Gasteiger partial charge < -0.3 is 9.52 Å². The van der Waals surface area contributed by atoms with Crippen LogP contribution in [0.4, 0.5) is 0 Å². The first-order valence-electron chi connectivity index (χ1n) is 7.95. The summed E-state index contributed by atoms with van der Waals surface area (Å²) in [5, 5.41) is 23.7. The predicted molar refractivity (Wildman–Crippen MR) is 94.6 cm³/mol. The van der Waals surface area contributed by atoms with Crippen LogP contribution in [0.25, 0.3) is 16.7 Å². The lowest BCUT2D eigenvalue weighted by Gasteiger charge is -2.01. The largest absolute Gasteiger partial charge is 0.504 e. The van der Waals surface area contributed by atoms with Gasteiger partial charge in [-0.3, -0.25) is 4.79 Å². The first kappa shape index (κ1) is 15.8. The molecule has 4 rings (SSSR count). The highest BCUT2D eigenvalue weighted by Gasteiger charge is 2.21. The van der Waals surface area contributed by atoms with Crippen molar-refractivity contribution < 1.29 is 14.3 Å². The first-order chi connectivity index (χ1) is 12.7. The van der Waals surface area contributed by atoms with Gasteiger partial charge in [0.1, 0.15) is 11.3 Å². The number of carbonyl (C=O) groups excluding carboxylic acids is 1. The van der Waals surface area contributed by atoms with Crippen molar-refractivity contribution in [3.05, 3.63) is 83.4 Å².